The van der Waals surface area contributed by atoms with E-state index in [0.717, 1.165) is 22.1 Å². The summed E-state index contributed by atoms with van der Waals surface area (Å²) in [7, 11) is 0. The maximum atomic E-state index is 6.25. The molecule has 2 aromatic heterocycles. The third-order valence-corrected chi connectivity index (χ3v) is 3.30. The van der Waals surface area contributed by atoms with Crippen molar-refractivity contribution in [1.29, 1.82) is 0 Å². The highest BCUT2D eigenvalue weighted by atomic mass is 35.5. The number of pyridine rings is 1. The number of hydrogen-bond acceptors (Lipinski definition) is 4. The van der Waals surface area contributed by atoms with Gasteiger partial charge in [0.25, 0.3) is 0 Å². The summed E-state index contributed by atoms with van der Waals surface area (Å²) in [6.07, 6.45) is 3.59. The van der Waals surface area contributed by atoms with Gasteiger partial charge < -0.3 is 5.73 Å². The van der Waals surface area contributed by atoms with Crippen LogP contribution in [0, 0.1) is 6.92 Å². The fourth-order valence-electron chi connectivity index (χ4n) is 2.05. The highest BCUT2D eigenvalue weighted by Crippen LogP contribution is 2.31. The minimum atomic E-state index is 0.378. The zero-order chi connectivity index (χ0) is 13.4. The number of benzene rings is 1. The molecular weight excluding hydrogens is 260 g/mol. The third-order valence-electron chi connectivity index (χ3n) is 3.01. The maximum Gasteiger partial charge on any atom is 0.146 e. The lowest BCUT2D eigenvalue weighted by Crippen LogP contribution is -1.94. The number of rotatable bonds is 1. The van der Waals surface area contributed by atoms with Crippen molar-refractivity contribution in [2.45, 2.75) is 6.92 Å². The monoisotopic (exact) mass is 270 g/mol. The molecular formula is C14H11ClN4. The summed E-state index contributed by atoms with van der Waals surface area (Å²) >= 11 is 6.25. The van der Waals surface area contributed by atoms with E-state index in [0.29, 0.717) is 16.4 Å². The molecule has 0 bridgehead atoms. The van der Waals surface area contributed by atoms with Crippen LogP contribution in [-0.2, 0) is 0 Å². The number of aryl methyl sites for hydroxylation is 1. The smallest absolute Gasteiger partial charge is 0.146 e. The molecule has 1 aromatic carbocycles. The molecule has 0 saturated carbocycles. The summed E-state index contributed by atoms with van der Waals surface area (Å²) in [5, 5.41) is 9.27. The fourth-order valence-corrected chi connectivity index (χ4v) is 2.32. The topological polar surface area (TPSA) is 64.7 Å². The largest absolute Gasteiger partial charge is 0.382 e. The Labute approximate surface area is 115 Å². The maximum absolute atomic E-state index is 6.25. The number of nitrogen functional groups attached to an aromatic ring is 1. The lowest BCUT2D eigenvalue weighted by Gasteiger charge is -2.08. The van der Waals surface area contributed by atoms with Gasteiger partial charge >= 0.3 is 0 Å². The molecule has 0 saturated heterocycles. The van der Waals surface area contributed by atoms with Crippen LogP contribution in [0.2, 0.25) is 5.02 Å². The number of nitrogens with two attached hydrogens (primary N) is 1. The lowest BCUT2D eigenvalue weighted by atomic mass is 10.0. The van der Waals surface area contributed by atoms with Crippen LogP contribution in [0.15, 0.2) is 36.7 Å². The van der Waals surface area contributed by atoms with Gasteiger partial charge in [-0.2, -0.15) is 0 Å². The Kier molecular flexibility index (Phi) is 2.80. The van der Waals surface area contributed by atoms with Crippen molar-refractivity contribution in [1.82, 2.24) is 15.2 Å². The highest BCUT2D eigenvalue weighted by Gasteiger charge is 2.08. The van der Waals surface area contributed by atoms with Crippen molar-refractivity contribution in [3.05, 3.63) is 47.2 Å². The molecule has 5 heteroatoms. The van der Waals surface area contributed by atoms with Crippen LogP contribution in [0.1, 0.15) is 5.56 Å². The van der Waals surface area contributed by atoms with Crippen molar-refractivity contribution < 1.29 is 0 Å². The van der Waals surface area contributed by atoms with E-state index in [4.69, 9.17) is 17.3 Å². The van der Waals surface area contributed by atoms with E-state index in [1.54, 1.807) is 12.3 Å². The summed E-state index contributed by atoms with van der Waals surface area (Å²) in [5.74, 6) is 0.378. The summed E-state index contributed by atoms with van der Waals surface area (Å²) in [6, 6.07) is 7.60. The van der Waals surface area contributed by atoms with Crippen LogP contribution in [0.4, 0.5) is 5.82 Å². The molecule has 0 amide bonds. The molecule has 4 nitrogen and oxygen atoms in total. The van der Waals surface area contributed by atoms with Crippen LogP contribution >= 0.6 is 11.6 Å². The van der Waals surface area contributed by atoms with E-state index in [1.165, 1.54) is 0 Å². The first-order valence-electron chi connectivity index (χ1n) is 5.78. The normalized spacial score (nSPS) is 10.8. The van der Waals surface area contributed by atoms with Gasteiger partial charge in [-0.3, -0.25) is 4.98 Å². The average Bonchev–Trinajstić information content (AvgIpc) is 2.38. The SMILES string of the molecule is Cc1ccncc1-c1cc(Cl)c2nnc(N)cc2c1. The standard InChI is InChI=1S/C14H11ClN4/c1-8-2-3-17-7-11(8)9-4-10-6-13(16)18-19-14(10)12(15)5-9/h2-7H,1H3,(H2,16,18). The number of fused-ring (bicyclic) bond motifs is 1. The van der Waals surface area contributed by atoms with E-state index in [9.17, 15) is 0 Å². The first-order chi connectivity index (χ1) is 9.15. The van der Waals surface area contributed by atoms with Crippen molar-refractivity contribution in [3.8, 4) is 11.1 Å². The van der Waals surface area contributed by atoms with Crippen molar-refractivity contribution in [2.75, 3.05) is 5.73 Å². The first kappa shape index (κ1) is 11.9. The quantitative estimate of drug-likeness (QED) is 0.737. The number of hydrogen-bond donors (Lipinski definition) is 1. The molecule has 3 aromatic rings. The van der Waals surface area contributed by atoms with Gasteiger partial charge in [0.05, 0.1) is 5.02 Å². The summed E-state index contributed by atoms with van der Waals surface area (Å²) in [4.78, 5) is 4.15. The average molecular weight is 271 g/mol. The van der Waals surface area contributed by atoms with E-state index in [1.807, 2.05) is 31.3 Å². The van der Waals surface area contributed by atoms with Crippen LogP contribution in [0.3, 0.4) is 0 Å². The number of anilines is 1. The molecule has 94 valence electrons. The van der Waals surface area contributed by atoms with Gasteiger partial charge in [0, 0.05) is 23.3 Å². The van der Waals surface area contributed by atoms with Crippen molar-refractivity contribution >= 4 is 28.3 Å². The Hall–Kier alpha value is -2.20. The Morgan fingerprint density at radius 2 is 2.00 bits per heavy atom. The minimum absolute atomic E-state index is 0.378. The van der Waals surface area contributed by atoms with E-state index >= 15 is 0 Å². The second-order valence-corrected chi connectivity index (χ2v) is 4.76. The van der Waals surface area contributed by atoms with Gasteiger partial charge in [-0.1, -0.05) is 11.6 Å². The molecule has 3 rings (SSSR count). The van der Waals surface area contributed by atoms with Crippen LogP contribution in [0.25, 0.3) is 22.0 Å². The molecule has 0 fully saturated rings. The second kappa shape index (κ2) is 4.48. The van der Waals surface area contributed by atoms with Crippen LogP contribution < -0.4 is 5.73 Å². The van der Waals surface area contributed by atoms with Gasteiger partial charge in [0.1, 0.15) is 11.3 Å². The Morgan fingerprint density at radius 1 is 1.16 bits per heavy atom. The second-order valence-electron chi connectivity index (χ2n) is 4.36. The summed E-state index contributed by atoms with van der Waals surface area (Å²) in [5.41, 5.74) is 9.50. The molecule has 0 aliphatic rings. The van der Waals surface area contributed by atoms with Gasteiger partial charge in [-0.15, -0.1) is 10.2 Å². The molecule has 2 heterocycles. The minimum Gasteiger partial charge on any atom is -0.382 e. The van der Waals surface area contributed by atoms with E-state index < -0.39 is 0 Å². The first-order valence-corrected chi connectivity index (χ1v) is 6.16. The van der Waals surface area contributed by atoms with E-state index in [-0.39, 0.29) is 0 Å². The fraction of sp³-hybridized carbons (Fsp3) is 0.0714. The van der Waals surface area contributed by atoms with Crippen LogP contribution in [-0.4, -0.2) is 15.2 Å². The highest BCUT2D eigenvalue weighted by molar-refractivity contribution is 6.35. The Morgan fingerprint density at radius 3 is 2.79 bits per heavy atom. The van der Waals surface area contributed by atoms with Gasteiger partial charge in [-0.25, -0.2) is 0 Å². The number of nitrogens with zero attached hydrogens (tertiary/aromatic N) is 3. The van der Waals surface area contributed by atoms with Crippen molar-refractivity contribution in [2.24, 2.45) is 0 Å². The number of halogens is 1. The molecule has 0 spiro atoms. The van der Waals surface area contributed by atoms with Crippen LogP contribution in [0.5, 0.6) is 0 Å². The van der Waals surface area contributed by atoms with Crippen molar-refractivity contribution in [3.63, 3.8) is 0 Å². The van der Waals surface area contributed by atoms with Gasteiger partial charge in [0.15, 0.2) is 0 Å². The zero-order valence-electron chi connectivity index (χ0n) is 10.3. The Balaban J connectivity index is 2.29. The third kappa shape index (κ3) is 2.11. The van der Waals surface area contributed by atoms with E-state index in [2.05, 4.69) is 15.2 Å². The Bertz CT molecular complexity index is 770. The summed E-state index contributed by atoms with van der Waals surface area (Å²) < 4.78 is 0. The van der Waals surface area contributed by atoms with Gasteiger partial charge in [0.2, 0.25) is 0 Å². The molecule has 0 radical (unpaired) electrons. The predicted molar refractivity (Wildman–Crippen MR) is 76.9 cm³/mol. The molecule has 0 atom stereocenters. The molecule has 0 aliphatic heterocycles. The predicted octanol–water partition coefficient (Wildman–Crippen LogP) is 3.24. The van der Waals surface area contributed by atoms with Gasteiger partial charge in [-0.05, 0) is 42.3 Å². The number of aromatic nitrogens is 3. The zero-order valence-corrected chi connectivity index (χ0v) is 11.0. The molecule has 2 N–H and O–H groups in total. The molecule has 19 heavy (non-hydrogen) atoms. The molecule has 0 aliphatic carbocycles. The lowest BCUT2D eigenvalue weighted by molar-refractivity contribution is 1.09. The molecule has 0 unspecified atom stereocenters. The summed E-state index contributed by atoms with van der Waals surface area (Å²) in [6.45, 7) is 2.04.